The molecule has 1 aliphatic rings. The molecular formula is C23H30N2O3S. The zero-order chi connectivity index (χ0) is 20.9. The molecule has 2 aromatic rings. The Morgan fingerprint density at radius 2 is 1.62 bits per heavy atom. The van der Waals surface area contributed by atoms with Crippen LogP contribution in [-0.2, 0) is 27.7 Å². The fraction of sp³-hybridized carbons (Fsp3) is 0.435. The summed E-state index contributed by atoms with van der Waals surface area (Å²) < 4.78 is 23.3. The second kappa shape index (κ2) is 9.55. The predicted octanol–water partition coefficient (Wildman–Crippen LogP) is 3.49. The number of hydrogen-bond acceptors (Lipinski definition) is 4. The summed E-state index contributed by atoms with van der Waals surface area (Å²) in [6.45, 7) is 5.31. The van der Waals surface area contributed by atoms with Gasteiger partial charge < -0.3 is 4.90 Å². The van der Waals surface area contributed by atoms with Gasteiger partial charge in [0.1, 0.15) is 0 Å². The number of sulfone groups is 1. The van der Waals surface area contributed by atoms with E-state index in [0.29, 0.717) is 17.9 Å². The molecule has 0 unspecified atom stereocenters. The Labute approximate surface area is 174 Å². The van der Waals surface area contributed by atoms with Gasteiger partial charge in [-0.1, -0.05) is 49.4 Å². The van der Waals surface area contributed by atoms with Gasteiger partial charge in [0.25, 0.3) is 0 Å². The first-order valence-electron chi connectivity index (χ1n) is 10.2. The number of carbonyl (C=O) groups is 1. The van der Waals surface area contributed by atoms with E-state index in [1.54, 1.807) is 12.1 Å². The highest BCUT2D eigenvalue weighted by atomic mass is 32.2. The summed E-state index contributed by atoms with van der Waals surface area (Å²) in [6, 6.07) is 17.6. The Bertz CT molecular complexity index is 903. The van der Waals surface area contributed by atoms with Crippen LogP contribution in [-0.4, -0.2) is 49.5 Å². The zero-order valence-corrected chi connectivity index (χ0v) is 18.1. The van der Waals surface area contributed by atoms with E-state index in [-0.39, 0.29) is 11.9 Å². The molecule has 1 amide bonds. The van der Waals surface area contributed by atoms with Crippen LogP contribution in [0, 0.1) is 0 Å². The molecule has 0 spiro atoms. The van der Waals surface area contributed by atoms with Crippen molar-refractivity contribution in [1.29, 1.82) is 0 Å². The van der Waals surface area contributed by atoms with Crippen LogP contribution in [0.2, 0.25) is 0 Å². The molecule has 0 aliphatic carbocycles. The topological polar surface area (TPSA) is 57.7 Å². The number of amides is 1. The summed E-state index contributed by atoms with van der Waals surface area (Å²) >= 11 is 0. The van der Waals surface area contributed by atoms with Gasteiger partial charge in [0.05, 0.1) is 4.90 Å². The normalized spacial score (nSPS) is 15.9. The third kappa shape index (κ3) is 5.90. The van der Waals surface area contributed by atoms with Gasteiger partial charge in [-0.2, -0.15) is 0 Å². The number of piperidine rings is 1. The quantitative estimate of drug-likeness (QED) is 0.696. The van der Waals surface area contributed by atoms with Crippen molar-refractivity contribution in [2.75, 3.05) is 19.3 Å². The molecule has 2 aromatic carbocycles. The minimum atomic E-state index is -3.21. The maximum Gasteiger partial charge on any atom is 0.222 e. The van der Waals surface area contributed by atoms with E-state index in [9.17, 15) is 13.2 Å². The second-order valence-electron chi connectivity index (χ2n) is 7.78. The largest absolute Gasteiger partial charge is 0.335 e. The molecule has 6 heteroatoms. The Kier molecular flexibility index (Phi) is 7.09. The Hall–Kier alpha value is -2.18. The van der Waals surface area contributed by atoms with Crippen molar-refractivity contribution in [2.45, 2.75) is 50.2 Å². The molecular weight excluding hydrogens is 384 g/mol. The van der Waals surface area contributed by atoms with E-state index in [0.717, 1.165) is 38.0 Å². The molecule has 0 atom stereocenters. The van der Waals surface area contributed by atoms with Gasteiger partial charge in [-0.25, -0.2) is 8.42 Å². The van der Waals surface area contributed by atoms with E-state index in [1.807, 2.05) is 30.0 Å². The zero-order valence-electron chi connectivity index (χ0n) is 17.3. The average molecular weight is 415 g/mol. The summed E-state index contributed by atoms with van der Waals surface area (Å²) in [5.41, 5.74) is 2.28. The Morgan fingerprint density at radius 1 is 1.00 bits per heavy atom. The smallest absolute Gasteiger partial charge is 0.222 e. The first-order chi connectivity index (χ1) is 13.9. The molecule has 0 aromatic heterocycles. The maximum absolute atomic E-state index is 12.6. The Morgan fingerprint density at radius 3 is 2.17 bits per heavy atom. The van der Waals surface area contributed by atoms with Crippen LogP contribution in [0.5, 0.6) is 0 Å². The van der Waals surface area contributed by atoms with Gasteiger partial charge in [-0.15, -0.1) is 0 Å². The molecule has 1 aliphatic heterocycles. The molecule has 29 heavy (non-hydrogen) atoms. The SMILES string of the molecule is CCC(=O)N(Cc1ccc(S(C)(=O)=O)cc1)C1CCN(Cc2ccccc2)CC1. The summed E-state index contributed by atoms with van der Waals surface area (Å²) in [5.74, 6) is 0.152. The van der Waals surface area contributed by atoms with Gasteiger partial charge in [0, 0.05) is 44.9 Å². The minimum absolute atomic E-state index is 0.152. The van der Waals surface area contributed by atoms with Crippen molar-refractivity contribution < 1.29 is 13.2 Å². The standard InChI is InChI=1S/C23H30N2O3S/c1-3-23(26)25(18-20-9-11-22(12-10-20)29(2,27)28)21-13-15-24(16-14-21)17-19-7-5-4-6-8-19/h4-12,21H,3,13-18H2,1-2H3. The molecule has 1 saturated heterocycles. The van der Waals surface area contributed by atoms with Crippen molar-refractivity contribution in [3.63, 3.8) is 0 Å². The third-order valence-corrected chi connectivity index (χ3v) is 6.70. The first kappa shape index (κ1) is 21.5. The van der Waals surface area contributed by atoms with Crippen LogP contribution in [0.15, 0.2) is 59.5 Å². The maximum atomic E-state index is 12.6. The lowest BCUT2D eigenvalue weighted by atomic mass is 10.0. The van der Waals surface area contributed by atoms with Crippen molar-refractivity contribution in [3.05, 3.63) is 65.7 Å². The fourth-order valence-electron chi connectivity index (χ4n) is 3.89. The van der Waals surface area contributed by atoms with Gasteiger partial charge in [0.15, 0.2) is 9.84 Å². The lowest BCUT2D eigenvalue weighted by molar-refractivity contribution is -0.135. The Balaban J connectivity index is 1.63. The molecule has 1 fully saturated rings. The molecule has 0 N–H and O–H groups in total. The molecule has 0 bridgehead atoms. The van der Waals surface area contributed by atoms with Crippen LogP contribution in [0.3, 0.4) is 0 Å². The van der Waals surface area contributed by atoms with E-state index < -0.39 is 9.84 Å². The predicted molar refractivity (Wildman–Crippen MR) is 115 cm³/mol. The van der Waals surface area contributed by atoms with Gasteiger partial charge in [-0.05, 0) is 36.1 Å². The molecule has 156 valence electrons. The fourth-order valence-corrected chi connectivity index (χ4v) is 4.52. The summed E-state index contributed by atoms with van der Waals surface area (Å²) in [4.78, 5) is 17.4. The third-order valence-electron chi connectivity index (χ3n) is 5.57. The number of benzene rings is 2. The molecule has 1 heterocycles. The van der Waals surface area contributed by atoms with Gasteiger partial charge in [-0.3, -0.25) is 9.69 Å². The summed E-state index contributed by atoms with van der Waals surface area (Å²) in [6.07, 6.45) is 3.60. The second-order valence-corrected chi connectivity index (χ2v) is 9.80. The van der Waals surface area contributed by atoms with Crippen LogP contribution in [0.4, 0.5) is 0 Å². The lowest BCUT2D eigenvalue weighted by Crippen LogP contribution is -2.46. The summed E-state index contributed by atoms with van der Waals surface area (Å²) in [7, 11) is -3.21. The average Bonchev–Trinajstić information content (AvgIpc) is 2.73. The number of nitrogens with zero attached hydrogens (tertiary/aromatic N) is 2. The highest BCUT2D eigenvalue weighted by molar-refractivity contribution is 7.90. The van der Waals surface area contributed by atoms with Gasteiger partial charge >= 0.3 is 0 Å². The molecule has 0 saturated carbocycles. The van der Waals surface area contributed by atoms with Crippen molar-refractivity contribution in [2.24, 2.45) is 0 Å². The van der Waals surface area contributed by atoms with Crippen molar-refractivity contribution in [3.8, 4) is 0 Å². The van der Waals surface area contributed by atoms with E-state index in [1.165, 1.54) is 11.8 Å². The number of hydrogen-bond donors (Lipinski definition) is 0. The van der Waals surface area contributed by atoms with Crippen molar-refractivity contribution in [1.82, 2.24) is 9.80 Å². The van der Waals surface area contributed by atoms with E-state index in [4.69, 9.17) is 0 Å². The van der Waals surface area contributed by atoms with E-state index >= 15 is 0 Å². The minimum Gasteiger partial charge on any atom is -0.335 e. The van der Waals surface area contributed by atoms with Gasteiger partial charge in [0.2, 0.25) is 5.91 Å². The first-order valence-corrected chi connectivity index (χ1v) is 12.1. The van der Waals surface area contributed by atoms with Crippen LogP contribution >= 0.6 is 0 Å². The molecule has 5 nitrogen and oxygen atoms in total. The van der Waals surface area contributed by atoms with Crippen LogP contribution in [0.1, 0.15) is 37.3 Å². The number of carbonyl (C=O) groups excluding carboxylic acids is 1. The molecule has 3 rings (SSSR count). The van der Waals surface area contributed by atoms with E-state index in [2.05, 4.69) is 29.2 Å². The lowest BCUT2D eigenvalue weighted by Gasteiger charge is -2.38. The van der Waals surface area contributed by atoms with Crippen LogP contribution in [0.25, 0.3) is 0 Å². The highest BCUT2D eigenvalue weighted by Gasteiger charge is 2.27. The summed E-state index contributed by atoms with van der Waals surface area (Å²) in [5, 5.41) is 0. The number of likely N-dealkylation sites (tertiary alicyclic amines) is 1. The highest BCUT2D eigenvalue weighted by Crippen LogP contribution is 2.22. The number of rotatable bonds is 7. The monoisotopic (exact) mass is 414 g/mol. The molecule has 0 radical (unpaired) electrons. The van der Waals surface area contributed by atoms with Crippen LogP contribution < -0.4 is 0 Å². The van der Waals surface area contributed by atoms with Crippen molar-refractivity contribution >= 4 is 15.7 Å².